The molecule has 7 nitrogen and oxygen atoms in total. The number of ether oxygens (including phenoxy) is 1. The second-order valence-electron chi connectivity index (χ2n) is 8.14. The summed E-state index contributed by atoms with van der Waals surface area (Å²) < 4.78 is 5.36. The van der Waals surface area contributed by atoms with E-state index in [2.05, 4.69) is 48.6 Å². The van der Waals surface area contributed by atoms with E-state index in [1.807, 2.05) is 25.2 Å². The predicted molar refractivity (Wildman–Crippen MR) is 143 cm³/mol. The number of aromatic nitrogens is 1. The van der Waals surface area contributed by atoms with E-state index >= 15 is 0 Å². The molecule has 1 aromatic carbocycles. The summed E-state index contributed by atoms with van der Waals surface area (Å²) in [7, 11) is 3.54. The van der Waals surface area contributed by atoms with Gasteiger partial charge in [-0.2, -0.15) is 0 Å². The molecule has 2 aliphatic heterocycles. The van der Waals surface area contributed by atoms with Crippen LogP contribution in [0.4, 0.5) is 11.5 Å². The molecule has 1 aromatic heterocycles. The van der Waals surface area contributed by atoms with Crippen molar-refractivity contribution in [2.24, 2.45) is 10.9 Å². The minimum atomic E-state index is 0. The van der Waals surface area contributed by atoms with Crippen molar-refractivity contribution in [3.05, 3.63) is 47.6 Å². The van der Waals surface area contributed by atoms with Crippen LogP contribution < -0.4 is 25.2 Å². The van der Waals surface area contributed by atoms with Crippen LogP contribution in [0.5, 0.6) is 5.75 Å². The Bertz CT molecular complexity index is 914. The van der Waals surface area contributed by atoms with Crippen molar-refractivity contribution in [2.45, 2.75) is 18.9 Å². The Morgan fingerprint density at radius 3 is 2.81 bits per heavy atom. The lowest BCUT2D eigenvalue weighted by Crippen LogP contribution is -2.46. The predicted octanol–water partition coefficient (Wildman–Crippen LogP) is 3.63. The second-order valence-corrected chi connectivity index (χ2v) is 8.55. The minimum absolute atomic E-state index is 0. The maximum atomic E-state index is 6.31. The molecule has 0 spiro atoms. The van der Waals surface area contributed by atoms with Crippen LogP contribution in [0.1, 0.15) is 12.8 Å². The van der Waals surface area contributed by atoms with Crippen LogP contribution in [0.3, 0.4) is 0 Å². The molecule has 4 rings (SSSR count). The topological polar surface area (TPSA) is 65.0 Å². The zero-order chi connectivity index (χ0) is 21.6. The number of benzene rings is 1. The van der Waals surface area contributed by atoms with Crippen LogP contribution >= 0.6 is 35.6 Å². The van der Waals surface area contributed by atoms with E-state index in [1.54, 1.807) is 13.3 Å². The molecule has 2 atom stereocenters. The number of methoxy groups -OCH3 is 1. The van der Waals surface area contributed by atoms with Crippen LogP contribution in [0.15, 0.2) is 47.6 Å². The van der Waals surface area contributed by atoms with Crippen molar-refractivity contribution >= 4 is 53.0 Å². The molecule has 9 heteroatoms. The highest BCUT2D eigenvalue weighted by atomic mass is 127. The Kier molecular flexibility index (Phi) is 9.10. The van der Waals surface area contributed by atoms with Gasteiger partial charge in [0, 0.05) is 63.8 Å². The largest absolute Gasteiger partial charge is 0.497 e. The van der Waals surface area contributed by atoms with E-state index in [0.717, 1.165) is 63.1 Å². The van der Waals surface area contributed by atoms with E-state index in [4.69, 9.17) is 16.3 Å². The quantitative estimate of drug-likeness (QED) is 0.314. The standard InChI is InChI=1S/C23H31ClN6O.HI/c1-25-23(28-18-9-12-30(16-18)22-21(24)7-4-10-26-22)27-14-17-8-11-29(15-17)19-5-3-6-20(13-19)31-2;/h3-7,10,13,17-18H,8-9,11-12,14-16H2,1-2H3,(H2,25,27,28);1H. The summed E-state index contributed by atoms with van der Waals surface area (Å²) >= 11 is 6.31. The molecule has 2 unspecified atom stereocenters. The zero-order valence-corrected chi connectivity index (χ0v) is 21.7. The Morgan fingerprint density at radius 2 is 2.03 bits per heavy atom. The molecule has 0 radical (unpaired) electrons. The number of anilines is 2. The number of pyridine rings is 1. The maximum Gasteiger partial charge on any atom is 0.191 e. The lowest BCUT2D eigenvalue weighted by molar-refractivity contribution is 0.415. The number of hydrogen-bond acceptors (Lipinski definition) is 5. The summed E-state index contributed by atoms with van der Waals surface area (Å²) in [5.74, 6) is 3.21. The minimum Gasteiger partial charge on any atom is -0.497 e. The van der Waals surface area contributed by atoms with Crippen molar-refractivity contribution in [1.82, 2.24) is 15.6 Å². The molecule has 0 aliphatic carbocycles. The molecule has 0 saturated carbocycles. The first kappa shape index (κ1) is 24.7. The number of hydrogen-bond donors (Lipinski definition) is 2. The fourth-order valence-electron chi connectivity index (χ4n) is 4.35. The van der Waals surface area contributed by atoms with Crippen molar-refractivity contribution < 1.29 is 4.74 Å². The van der Waals surface area contributed by atoms with Gasteiger partial charge in [0.25, 0.3) is 0 Å². The molecule has 0 bridgehead atoms. The smallest absolute Gasteiger partial charge is 0.191 e. The molecule has 3 heterocycles. The van der Waals surface area contributed by atoms with Gasteiger partial charge >= 0.3 is 0 Å². The van der Waals surface area contributed by atoms with E-state index in [1.165, 1.54) is 5.69 Å². The van der Waals surface area contributed by atoms with E-state index in [-0.39, 0.29) is 24.0 Å². The summed E-state index contributed by atoms with van der Waals surface area (Å²) in [6, 6.07) is 12.4. The van der Waals surface area contributed by atoms with Crippen molar-refractivity contribution in [3.63, 3.8) is 0 Å². The van der Waals surface area contributed by atoms with Gasteiger partial charge in [0.2, 0.25) is 0 Å². The summed E-state index contributed by atoms with van der Waals surface area (Å²) in [5.41, 5.74) is 1.23. The summed E-state index contributed by atoms with van der Waals surface area (Å²) in [4.78, 5) is 13.5. The van der Waals surface area contributed by atoms with Gasteiger partial charge in [0.05, 0.1) is 12.1 Å². The monoisotopic (exact) mass is 570 g/mol. The Hall–Kier alpha value is -1.94. The molecule has 0 amide bonds. The first-order valence-corrected chi connectivity index (χ1v) is 11.3. The van der Waals surface area contributed by atoms with Crippen molar-refractivity contribution in [3.8, 4) is 5.75 Å². The molecule has 2 saturated heterocycles. The van der Waals surface area contributed by atoms with Gasteiger partial charge in [-0.3, -0.25) is 4.99 Å². The van der Waals surface area contributed by atoms with Gasteiger partial charge in [-0.1, -0.05) is 17.7 Å². The van der Waals surface area contributed by atoms with Crippen molar-refractivity contribution in [2.75, 3.05) is 56.7 Å². The van der Waals surface area contributed by atoms with E-state index < -0.39 is 0 Å². The third kappa shape index (κ3) is 6.10. The first-order chi connectivity index (χ1) is 15.2. The molecule has 2 aromatic rings. The van der Waals surface area contributed by atoms with E-state index in [9.17, 15) is 0 Å². The molecule has 174 valence electrons. The number of rotatable bonds is 6. The third-order valence-corrected chi connectivity index (χ3v) is 6.35. The number of aliphatic imine (C=N–C) groups is 1. The molecule has 2 aliphatic rings. The number of guanidine groups is 1. The molecule has 2 N–H and O–H groups in total. The highest BCUT2D eigenvalue weighted by Crippen LogP contribution is 2.27. The average molecular weight is 571 g/mol. The van der Waals surface area contributed by atoms with Crippen LogP contribution in [0.2, 0.25) is 5.02 Å². The fraction of sp³-hybridized carbons (Fsp3) is 0.478. The number of nitrogens with zero attached hydrogens (tertiary/aromatic N) is 4. The Balaban J connectivity index is 0.00000289. The Morgan fingerprint density at radius 1 is 1.19 bits per heavy atom. The molecule has 32 heavy (non-hydrogen) atoms. The summed E-state index contributed by atoms with van der Waals surface area (Å²) in [6.45, 7) is 4.80. The van der Waals surface area contributed by atoms with Gasteiger partial charge in [-0.05, 0) is 43.0 Å². The van der Waals surface area contributed by atoms with Crippen LogP contribution in [-0.4, -0.2) is 63.9 Å². The second kappa shape index (κ2) is 11.8. The van der Waals surface area contributed by atoms with Gasteiger partial charge in [0.15, 0.2) is 5.96 Å². The van der Waals surface area contributed by atoms with Gasteiger partial charge in [0.1, 0.15) is 11.6 Å². The summed E-state index contributed by atoms with van der Waals surface area (Å²) in [6.07, 6.45) is 3.98. The first-order valence-electron chi connectivity index (χ1n) is 10.9. The molecular formula is C23H32ClIN6O. The fourth-order valence-corrected chi connectivity index (χ4v) is 4.59. The molecule has 2 fully saturated rings. The van der Waals surface area contributed by atoms with Crippen molar-refractivity contribution in [1.29, 1.82) is 0 Å². The van der Waals surface area contributed by atoms with Crippen LogP contribution in [0, 0.1) is 5.92 Å². The lowest BCUT2D eigenvalue weighted by atomic mass is 10.1. The zero-order valence-electron chi connectivity index (χ0n) is 18.6. The third-order valence-electron chi connectivity index (χ3n) is 6.05. The van der Waals surface area contributed by atoms with Crippen LogP contribution in [0.25, 0.3) is 0 Å². The normalized spacial score (nSPS) is 20.8. The molecular weight excluding hydrogens is 539 g/mol. The number of halogens is 2. The highest BCUT2D eigenvalue weighted by molar-refractivity contribution is 14.0. The number of nitrogens with one attached hydrogen (secondary N) is 2. The van der Waals surface area contributed by atoms with Gasteiger partial charge < -0.3 is 25.2 Å². The maximum absolute atomic E-state index is 6.31. The van der Waals surface area contributed by atoms with Crippen LogP contribution in [-0.2, 0) is 0 Å². The Labute approximate surface area is 212 Å². The SMILES string of the molecule is CN=C(NCC1CCN(c2cccc(OC)c2)C1)NC1CCN(c2ncccc2Cl)C1.I. The average Bonchev–Trinajstić information content (AvgIpc) is 3.47. The van der Waals surface area contributed by atoms with Gasteiger partial charge in [-0.25, -0.2) is 4.98 Å². The lowest BCUT2D eigenvalue weighted by Gasteiger charge is -2.22. The van der Waals surface area contributed by atoms with E-state index in [0.29, 0.717) is 17.0 Å². The highest BCUT2D eigenvalue weighted by Gasteiger charge is 2.26. The summed E-state index contributed by atoms with van der Waals surface area (Å²) in [5, 5.41) is 7.79. The van der Waals surface area contributed by atoms with Gasteiger partial charge in [-0.15, -0.1) is 24.0 Å².